The highest BCUT2D eigenvalue weighted by Crippen LogP contribution is 2.33. The Morgan fingerprint density at radius 3 is 2.50 bits per heavy atom. The summed E-state index contributed by atoms with van der Waals surface area (Å²) in [7, 11) is 0. The Morgan fingerprint density at radius 2 is 1.88 bits per heavy atom. The van der Waals surface area contributed by atoms with Crippen LogP contribution < -0.4 is 0 Å². The molecule has 3 rings (SSSR count). The Bertz CT molecular complexity index is 833. The molecular weight excluding hydrogens is 355 g/mol. The minimum atomic E-state index is -4.89. The van der Waals surface area contributed by atoms with E-state index in [2.05, 4.69) is 4.98 Å². The van der Waals surface area contributed by atoms with Crippen LogP contribution in [0.25, 0.3) is 0 Å². The van der Waals surface area contributed by atoms with E-state index >= 15 is 0 Å². The fourth-order valence-corrected chi connectivity index (χ4v) is 2.71. The van der Waals surface area contributed by atoms with E-state index in [1.54, 1.807) is 24.3 Å². The predicted octanol–water partition coefficient (Wildman–Crippen LogP) is 2.75. The smallest absolute Gasteiger partial charge is 0.435 e. The van der Waals surface area contributed by atoms with Gasteiger partial charge in [0.15, 0.2) is 11.4 Å². The fraction of sp³-hybridized carbons (Fsp3) is 0.312. The van der Waals surface area contributed by atoms with Crippen LogP contribution in [0.4, 0.5) is 18.0 Å². The molecule has 0 spiro atoms. The van der Waals surface area contributed by atoms with Gasteiger partial charge < -0.3 is 14.4 Å². The number of rotatable bonds is 3. The quantitative estimate of drug-likeness (QED) is 0.899. The number of carbonyl (C=O) groups is 2. The second-order valence-corrected chi connectivity index (χ2v) is 5.64. The third kappa shape index (κ3) is 3.48. The van der Waals surface area contributed by atoms with Crippen LogP contribution in [-0.2, 0) is 30.6 Å². The summed E-state index contributed by atoms with van der Waals surface area (Å²) in [5.74, 6) is -1.85. The number of carboxylic acids is 1. The number of hydrogen-bond donors (Lipinski definition) is 1. The number of amides is 1. The molecule has 0 unspecified atom stereocenters. The van der Waals surface area contributed by atoms with Gasteiger partial charge in [-0.2, -0.15) is 13.2 Å². The molecule has 1 aliphatic rings. The number of aromatic nitrogens is 2. The highest BCUT2D eigenvalue weighted by Gasteiger charge is 2.42. The Labute approximate surface area is 145 Å². The molecule has 0 saturated heterocycles. The first-order valence-corrected chi connectivity index (χ1v) is 7.63. The first-order chi connectivity index (χ1) is 12.3. The average Bonchev–Trinajstić information content (AvgIpc) is 3.00. The molecule has 0 radical (unpaired) electrons. The van der Waals surface area contributed by atoms with E-state index in [0.29, 0.717) is 0 Å². The number of aromatic carboxylic acids is 1. The van der Waals surface area contributed by atoms with E-state index in [-0.39, 0.29) is 32.1 Å². The maximum absolute atomic E-state index is 13.0. The summed E-state index contributed by atoms with van der Waals surface area (Å²) in [5, 5.41) is 9.09. The topological polar surface area (TPSA) is 84.7 Å². The highest BCUT2D eigenvalue weighted by molar-refractivity contribution is 5.87. The largest absolute Gasteiger partial charge is 0.477 e. The zero-order valence-electron chi connectivity index (χ0n) is 13.4. The van der Waals surface area contributed by atoms with Crippen LogP contribution >= 0.6 is 0 Å². The number of halogens is 3. The number of benzene rings is 1. The summed E-state index contributed by atoms with van der Waals surface area (Å²) < 4.78 is 45.2. The number of nitrogens with zero attached hydrogens (tertiary/aromatic N) is 3. The van der Waals surface area contributed by atoms with Gasteiger partial charge in [0.1, 0.15) is 12.4 Å². The second-order valence-electron chi connectivity index (χ2n) is 5.64. The lowest BCUT2D eigenvalue weighted by Gasteiger charge is -2.27. The number of hydrogen-bond acceptors (Lipinski definition) is 4. The molecule has 0 saturated carbocycles. The molecule has 0 bridgehead atoms. The van der Waals surface area contributed by atoms with Gasteiger partial charge in [0.2, 0.25) is 0 Å². The SMILES string of the molecule is O=C(O)c1c(C(F)(F)F)nc2n1CCN(C(=O)OCc1ccccc1)C2. The first kappa shape index (κ1) is 17.8. The van der Waals surface area contributed by atoms with Crippen molar-refractivity contribution in [1.82, 2.24) is 14.5 Å². The number of carbonyl (C=O) groups excluding carboxylic acids is 1. The zero-order chi connectivity index (χ0) is 18.9. The predicted molar refractivity (Wildman–Crippen MR) is 81.2 cm³/mol. The number of carboxylic acid groups (broad SMARTS) is 1. The summed E-state index contributed by atoms with van der Waals surface area (Å²) in [6.45, 7) is -0.322. The van der Waals surface area contributed by atoms with Crippen LogP contribution in [0.5, 0.6) is 0 Å². The van der Waals surface area contributed by atoms with Crippen LogP contribution in [-0.4, -0.2) is 38.2 Å². The summed E-state index contributed by atoms with van der Waals surface area (Å²) in [4.78, 5) is 27.9. The van der Waals surface area contributed by atoms with Gasteiger partial charge in [0.25, 0.3) is 0 Å². The van der Waals surface area contributed by atoms with Crippen molar-refractivity contribution in [2.75, 3.05) is 6.54 Å². The molecule has 10 heteroatoms. The number of ether oxygens (including phenoxy) is 1. The van der Waals surface area contributed by atoms with E-state index in [1.165, 1.54) is 4.90 Å². The maximum Gasteiger partial charge on any atom is 0.435 e. The van der Waals surface area contributed by atoms with Crippen molar-refractivity contribution in [1.29, 1.82) is 0 Å². The second kappa shape index (κ2) is 6.70. The maximum atomic E-state index is 13.0. The van der Waals surface area contributed by atoms with Crippen molar-refractivity contribution in [3.05, 3.63) is 53.1 Å². The van der Waals surface area contributed by atoms with Crippen LogP contribution in [0.1, 0.15) is 27.6 Å². The van der Waals surface area contributed by atoms with Crippen LogP contribution in [0, 0.1) is 0 Å². The third-order valence-electron chi connectivity index (χ3n) is 3.91. The van der Waals surface area contributed by atoms with Crippen molar-refractivity contribution in [2.45, 2.75) is 25.9 Å². The van der Waals surface area contributed by atoms with Gasteiger partial charge in [-0.15, -0.1) is 0 Å². The van der Waals surface area contributed by atoms with Gasteiger partial charge in [0.05, 0.1) is 6.54 Å². The molecule has 1 aliphatic heterocycles. The van der Waals surface area contributed by atoms with Gasteiger partial charge in [-0.25, -0.2) is 14.6 Å². The number of imidazole rings is 1. The number of fused-ring (bicyclic) bond motifs is 1. The van der Waals surface area contributed by atoms with E-state index in [9.17, 15) is 22.8 Å². The molecule has 1 aromatic carbocycles. The molecule has 7 nitrogen and oxygen atoms in total. The van der Waals surface area contributed by atoms with Gasteiger partial charge in [0, 0.05) is 13.1 Å². The lowest BCUT2D eigenvalue weighted by molar-refractivity contribution is -0.141. The molecule has 1 amide bonds. The molecule has 1 aromatic heterocycles. The van der Waals surface area contributed by atoms with Gasteiger partial charge >= 0.3 is 18.2 Å². The minimum Gasteiger partial charge on any atom is -0.477 e. The molecule has 0 aliphatic carbocycles. The lowest BCUT2D eigenvalue weighted by Crippen LogP contribution is -2.39. The van der Waals surface area contributed by atoms with E-state index in [0.717, 1.165) is 10.1 Å². The Kier molecular flexibility index (Phi) is 4.58. The van der Waals surface area contributed by atoms with Crippen molar-refractivity contribution in [3.8, 4) is 0 Å². The lowest BCUT2D eigenvalue weighted by atomic mass is 10.2. The molecular formula is C16H14F3N3O4. The molecule has 1 N–H and O–H groups in total. The van der Waals surface area contributed by atoms with E-state index in [4.69, 9.17) is 9.84 Å². The van der Waals surface area contributed by atoms with E-state index < -0.39 is 29.6 Å². The Hall–Kier alpha value is -3.04. The summed E-state index contributed by atoms with van der Waals surface area (Å²) >= 11 is 0. The van der Waals surface area contributed by atoms with Crippen molar-refractivity contribution >= 4 is 12.1 Å². The van der Waals surface area contributed by atoms with Crippen LogP contribution in [0.3, 0.4) is 0 Å². The van der Waals surface area contributed by atoms with Gasteiger partial charge in [-0.3, -0.25) is 4.90 Å². The Morgan fingerprint density at radius 1 is 1.19 bits per heavy atom. The molecule has 2 heterocycles. The summed E-state index contributed by atoms with van der Waals surface area (Å²) in [6, 6.07) is 8.92. The standard InChI is InChI=1S/C16H14F3N3O4/c17-16(18,19)13-12(14(23)24)22-7-6-21(8-11(22)20-13)15(25)26-9-10-4-2-1-3-5-10/h1-5H,6-9H2,(H,23,24). The van der Waals surface area contributed by atoms with Crippen molar-refractivity contribution < 1.29 is 32.6 Å². The van der Waals surface area contributed by atoms with E-state index in [1.807, 2.05) is 6.07 Å². The first-order valence-electron chi connectivity index (χ1n) is 7.63. The van der Waals surface area contributed by atoms with Crippen LogP contribution in [0.2, 0.25) is 0 Å². The van der Waals surface area contributed by atoms with Crippen molar-refractivity contribution in [2.24, 2.45) is 0 Å². The van der Waals surface area contributed by atoms with Crippen molar-refractivity contribution in [3.63, 3.8) is 0 Å². The monoisotopic (exact) mass is 369 g/mol. The molecule has 0 fully saturated rings. The van der Waals surface area contributed by atoms with Gasteiger partial charge in [-0.1, -0.05) is 30.3 Å². The average molecular weight is 369 g/mol. The molecule has 26 heavy (non-hydrogen) atoms. The third-order valence-corrected chi connectivity index (χ3v) is 3.91. The molecule has 138 valence electrons. The molecule has 2 aromatic rings. The zero-order valence-corrected chi connectivity index (χ0v) is 13.4. The summed E-state index contributed by atoms with van der Waals surface area (Å²) in [6.07, 6.45) is -5.59. The fourth-order valence-electron chi connectivity index (χ4n) is 2.71. The summed E-state index contributed by atoms with van der Waals surface area (Å²) in [5.41, 5.74) is -1.60. The van der Waals surface area contributed by atoms with Crippen LogP contribution in [0.15, 0.2) is 30.3 Å². The number of alkyl halides is 3. The minimum absolute atomic E-state index is 0.0224. The normalized spacial score (nSPS) is 14.0. The Balaban J connectivity index is 1.75. The molecule has 0 atom stereocenters. The van der Waals surface area contributed by atoms with Gasteiger partial charge in [-0.05, 0) is 5.56 Å². The highest BCUT2D eigenvalue weighted by atomic mass is 19.4.